The molecule has 2 aromatic heterocycles. The lowest BCUT2D eigenvalue weighted by Gasteiger charge is -2.26. The topological polar surface area (TPSA) is 24.4 Å². The van der Waals surface area contributed by atoms with Crippen molar-refractivity contribution in [2.75, 3.05) is 0 Å². The van der Waals surface area contributed by atoms with E-state index in [1.165, 1.54) is 68.5 Å². The Bertz CT molecular complexity index is 2620. The maximum absolute atomic E-state index is 5.45. The third kappa shape index (κ3) is 5.03. The lowest BCUT2D eigenvalue weighted by atomic mass is 9.86. The van der Waals surface area contributed by atoms with Crippen molar-refractivity contribution in [3.8, 4) is 22.3 Å². The van der Waals surface area contributed by atoms with Crippen LogP contribution in [0.15, 0.2) is 157 Å². The Hall–Kier alpha value is -5.55. The quantitative estimate of drug-likeness (QED) is 0.193. The Morgan fingerprint density at radius 3 is 2.16 bits per heavy atom. The van der Waals surface area contributed by atoms with Gasteiger partial charge in [0.1, 0.15) is 5.84 Å². The van der Waals surface area contributed by atoms with E-state index in [1.54, 1.807) is 0 Å². The van der Waals surface area contributed by atoms with Gasteiger partial charge >= 0.3 is 0 Å². The molecule has 0 bridgehead atoms. The van der Waals surface area contributed by atoms with E-state index < -0.39 is 0 Å². The Kier molecular flexibility index (Phi) is 7.11. The highest BCUT2D eigenvalue weighted by molar-refractivity contribution is 7.25. The standard InChI is InChI=1S/C46H32N2S2/c1-3-12-29(13-4-1)39-28-40(48-46(47-39)30-14-5-2-6-15-30)36-19-11-18-33(31-22-24-43-37(26-31)34-16-7-9-20-41(34)49-43)45(36)32-23-25-44-38(27-32)35-17-8-10-21-42(35)50-44/h1-9,11-20,22-28,40H,10,21H2,(H,47,48). The van der Waals surface area contributed by atoms with Crippen LogP contribution in [0.2, 0.25) is 0 Å². The number of fused-ring (bicyclic) bond motifs is 6. The van der Waals surface area contributed by atoms with Crippen molar-refractivity contribution in [3.63, 3.8) is 0 Å². The van der Waals surface area contributed by atoms with Crippen molar-refractivity contribution in [3.05, 3.63) is 179 Å². The van der Waals surface area contributed by atoms with E-state index in [-0.39, 0.29) is 6.04 Å². The molecule has 50 heavy (non-hydrogen) atoms. The second kappa shape index (κ2) is 12.1. The fraction of sp³-hybridized carbons (Fsp3) is 0.0652. The lowest BCUT2D eigenvalue weighted by Crippen LogP contribution is -2.27. The van der Waals surface area contributed by atoms with Crippen molar-refractivity contribution in [2.24, 2.45) is 4.99 Å². The second-order valence-electron chi connectivity index (χ2n) is 13.0. The molecule has 0 amide bonds. The van der Waals surface area contributed by atoms with E-state index in [2.05, 4.69) is 163 Å². The Morgan fingerprint density at radius 2 is 1.30 bits per heavy atom. The van der Waals surface area contributed by atoms with Crippen LogP contribution >= 0.6 is 22.7 Å². The molecular formula is C46H32N2S2. The van der Waals surface area contributed by atoms with Gasteiger partial charge in [-0.05, 0) is 88.2 Å². The SMILES string of the molecule is C1=Cc2c(sc3ccc(-c4c(-c5ccc6sc7ccccc7c6c5)cccc4C4C=C(c5ccccc5)NC(c5ccccc5)=N4)cc23)CC1. The average Bonchev–Trinajstić information content (AvgIpc) is 3.76. The van der Waals surface area contributed by atoms with Gasteiger partial charge in [-0.15, -0.1) is 22.7 Å². The molecule has 238 valence electrons. The van der Waals surface area contributed by atoms with E-state index >= 15 is 0 Å². The first kappa shape index (κ1) is 29.4. The lowest BCUT2D eigenvalue weighted by molar-refractivity contribution is 0.882. The van der Waals surface area contributed by atoms with Gasteiger partial charge in [-0.2, -0.15) is 0 Å². The summed E-state index contributed by atoms with van der Waals surface area (Å²) in [4.78, 5) is 6.94. The molecule has 1 atom stereocenters. The van der Waals surface area contributed by atoms with Gasteiger partial charge in [0.15, 0.2) is 0 Å². The molecule has 1 aliphatic carbocycles. The summed E-state index contributed by atoms with van der Waals surface area (Å²) in [5.41, 5.74) is 10.8. The zero-order valence-electron chi connectivity index (χ0n) is 27.3. The zero-order chi connectivity index (χ0) is 33.0. The van der Waals surface area contributed by atoms with Crippen molar-refractivity contribution >= 4 is 70.5 Å². The Morgan fingerprint density at radius 1 is 0.580 bits per heavy atom. The number of rotatable bonds is 5. The molecule has 3 heterocycles. The van der Waals surface area contributed by atoms with Gasteiger partial charge < -0.3 is 5.32 Å². The molecule has 6 aromatic carbocycles. The third-order valence-corrected chi connectivity index (χ3v) is 12.4. The summed E-state index contributed by atoms with van der Waals surface area (Å²) < 4.78 is 4.00. The summed E-state index contributed by atoms with van der Waals surface area (Å²) in [7, 11) is 0. The van der Waals surface area contributed by atoms with Crippen molar-refractivity contribution in [1.29, 1.82) is 0 Å². The molecule has 0 saturated carbocycles. The number of hydrogen-bond donors (Lipinski definition) is 1. The van der Waals surface area contributed by atoms with Crippen LogP contribution < -0.4 is 5.32 Å². The van der Waals surface area contributed by atoms with Crippen LogP contribution in [-0.4, -0.2) is 5.84 Å². The van der Waals surface area contributed by atoms with Crippen LogP contribution in [-0.2, 0) is 6.42 Å². The monoisotopic (exact) mass is 676 g/mol. The van der Waals surface area contributed by atoms with E-state index in [9.17, 15) is 0 Å². The van der Waals surface area contributed by atoms with E-state index in [0.29, 0.717) is 0 Å². The molecule has 0 radical (unpaired) electrons. The number of aryl methyl sites for hydroxylation is 1. The van der Waals surface area contributed by atoms with Gasteiger partial charge in [-0.1, -0.05) is 121 Å². The molecule has 8 aromatic rings. The summed E-state index contributed by atoms with van der Waals surface area (Å²) in [6.07, 6.45) is 9.20. The molecular weight excluding hydrogens is 645 g/mol. The van der Waals surface area contributed by atoms with E-state index in [4.69, 9.17) is 4.99 Å². The number of nitrogens with zero attached hydrogens (tertiary/aromatic N) is 1. The molecule has 10 rings (SSSR count). The molecule has 1 N–H and O–H groups in total. The molecule has 2 aliphatic rings. The van der Waals surface area contributed by atoms with Gasteiger partial charge in [0.05, 0.1) is 6.04 Å². The number of hydrogen-bond acceptors (Lipinski definition) is 4. The molecule has 1 aliphatic heterocycles. The number of thiophene rings is 2. The van der Waals surface area contributed by atoms with Crippen molar-refractivity contribution < 1.29 is 0 Å². The van der Waals surface area contributed by atoms with Gasteiger partial charge in [-0.3, -0.25) is 4.99 Å². The molecule has 0 fully saturated rings. The summed E-state index contributed by atoms with van der Waals surface area (Å²) >= 11 is 3.81. The third-order valence-electron chi connectivity index (χ3n) is 10.00. The van der Waals surface area contributed by atoms with Crippen molar-refractivity contribution in [2.45, 2.75) is 18.9 Å². The summed E-state index contributed by atoms with van der Waals surface area (Å²) in [5.74, 6) is 0.881. The molecule has 4 heteroatoms. The fourth-order valence-electron chi connectivity index (χ4n) is 7.60. The normalized spacial score (nSPS) is 15.6. The maximum Gasteiger partial charge on any atom is 0.133 e. The number of amidine groups is 1. The predicted octanol–water partition coefficient (Wildman–Crippen LogP) is 12.7. The summed E-state index contributed by atoms with van der Waals surface area (Å²) in [6, 6.07) is 50.6. The average molecular weight is 677 g/mol. The number of nitrogens with one attached hydrogen (secondary N) is 1. The zero-order valence-corrected chi connectivity index (χ0v) is 28.9. The first-order valence-corrected chi connectivity index (χ1v) is 18.8. The largest absolute Gasteiger partial charge is 0.340 e. The van der Waals surface area contributed by atoms with Gasteiger partial charge in [0, 0.05) is 46.4 Å². The minimum atomic E-state index is -0.200. The second-order valence-corrected chi connectivity index (χ2v) is 15.3. The summed E-state index contributed by atoms with van der Waals surface area (Å²) in [5, 5.41) is 7.66. The van der Waals surface area contributed by atoms with Crippen LogP contribution in [0.5, 0.6) is 0 Å². The first-order chi connectivity index (χ1) is 24.8. The first-order valence-electron chi connectivity index (χ1n) is 17.2. The predicted molar refractivity (Wildman–Crippen MR) is 216 cm³/mol. The molecule has 0 saturated heterocycles. The van der Waals surface area contributed by atoms with Gasteiger partial charge in [0.25, 0.3) is 0 Å². The molecule has 1 unspecified atom stereocenters. The van der Waals surface area contributed by atoms with Crippen molar-refractivity contribution in [1.82, 2.24) is 5.32 Å². The fourth-order valence-corrected chi connectivity index (χ4v) is 9.88. The minimum absolute atomic E-state index is 0.200. The van der Waals surface area contributed by atoms with Crippen LogP contribution in [0, 0.1) is 0 Å². The van der Waals surface area contributed by atoms with E-state index in [0.717, 1.165) is 35.5 Å². The minimum Gasteiger partial charge on any atom is -0.340 e. The summed E-state index contributed by atoms with van der Waals surface area (Å²) in [6.45, 7) is 0. The van der Waals surface area contributed by atoms with Crippen LogP contribution in [0.4, 0.5) is 0 Å². The van der Waals surface area contributed by atoms with Gasteiger partial charge in [0.2, 0.25) is 0 Å². The number of allylic oxidation sites excluding steroid dienone is 1. The smallest absolute Gasteiger partial charge is 0.133 e. The van der Waals surface area contributed by atoms with E-state index in [1.807, 2.05) is 22.7 Å². The van der Waals surface area contributed by atoms with Crippen LogP contribution in [0.25, 0.3) is 64.3 Å². The van der Waals surface area contributed by atoms with Gasteiger partial charge in [-0.25, -0.2) is 0 Å². The highest BCUT2D eigenvalue weighted by Crippen LogP contribution is 2.45. The number of aliphatic imine (C=N–C) groups is 1. The van der Waals surface area contributed by atoms with Crippen LogP contribution in [0.1, 0.15) is 39.6 Å². The number of benzene rings is 6. The Labute approximate surface area is 299 Å². The highest BCUT2D eigenvalue weighted by Gasteiger charge is 2.25. The highest BCUT2D eigenvalue weighted by atomic mass is 32.1. The molecule has 2 nitrogen and oxygen atoms in total. The van der Waals surface area contributed by atoms with Crippen LogP contribution in [0.3, 0.4) is 0 Å². The Balaban J connectivity index is 1.23. The maximum atomic E-state index is 5.45. The molecule has 0 spiro atoms.